The van der Waals surface area contributed by atoms with Crippen LogP contribution in [0.2, 0.25) is 0 Å². The van der Waals surface area contributed by atoms with E-state index in [1.54, 1.807) is 18.7 Å². The summed E-state index contributed by atoms with van der Waals surface area (Å²) in [6.45, 7) is 3.59. The summed E-state index contributed by atoms with van der Waals surface area (Å²) in [5.41, 5.74) is 0. The first-order chi connectivity index (χ1) is 5.33. The molecule has 1 rings (SSSR count). The van der Waals surface area contributed by atoms with Gasteiger partial charge in [-0.2, -0.15) is 0 Å². The minimum absolute atomic E-state index is 0.271. The molecule has 0 aliphatic carbocycles. The second-order valence-corrected chi connectivity index (χ2v) is 2.15. The van der Waals surface area contributed by atoms with E-state index in [1.165, 1.54) is 12.1 Å². The Labute approximate surface area is 65.8 Å². The van der Waals surface area contributed by atoms with E-state index in [0.717, 1.165) is 6.42 Å². The fraction of sp³-hybridized carbons (Fsp3) is 0.222. The SMILES string of the molecule is CC[CH]Oc1cccc(F)c1. The molecule has 0 atom stereocenters. The normalized spacial score (nSPS) is 9.64. The number of rotatable bonds is 3. The quantitative estimate of drug-likeness (QED) is 0.648. The number of hydrogen-bond acceptors (Lipinski definition) is 1. The lowest BCUT2D eigenvalue weighted by Crippen LogP contribution is -1.87. The monoisotopic (exact) mass is 153 g/mol. The summed E-state index contributed by atoms with van der Waals surface area (Å²) < 4.78 is 17.6. The molecule has 1 aromatic rings. The molecule has 0 fully saturated rings. The van der Waals surface area contributed by atoms with Gasteiger partial charge in [0, 0.05) is 6.07 Å². The standard InChI is InChI=1S/C9H10FO/c1-2-6-11-9-5-3-4-8(10)7-9/h3-7H,2H2,1H3. The van der Waals surface area contributed by atoms with Gasteiger partial charge >= 0.3 is 0 Å². The van der Waals surface area contributed by atoms with Crippen LogP contribution >= 0.6 is 0 Å². The van der Waals surface area contributed by atoms with Crippen molar-refractivity contribution in [2.24, 2.45) is 0 Å². The third-order valence-electron chi connectivity index (χ3n) is 1.18. The maximum Gasteiger partial charge on any atom is 0.135 e. The predicted octanol–water partition coefficient (Wildman–Crippen LogP) is 2.78. The summed E-state index contributed by atoms with van der Waals surface area (Å²) in [6, 6.07) is 6.08. The van der Waals surface area contributed by atoms with Gasteiger partial charge in [0.1, 0.15) is 18.2 Å². The third-order valence-corrected chi connectivity index (χ3v) is 1.18. The number of benzene rings is 1. The Morgan fingerprint density at radius 3 is 3.00 bits per heavy atom. The molecule has 1 aromatic carbocycles. The molecule has 1 radical (unpaired) electrons. The van der Waals surface area contributed by atoms with Gasteiger partial charge in [0.25, 0.3) is 0 Å². The highest BCUT2D eigenvalue weighted by molar-refractivity contribution is 5.22. The van der Waals surface area contributed by atoms with E-state index in [0.29, 0.717) is 5.75 Å². The predicted molar refractivity (Wildman–Crippen MR) is 41.6 cm³/mol. The molecule has 0 unspecified atom stereocenters. The third kappa shape index (κ3) is 2.58. The number of ether oxygens (including phenoxy) is 1. The van der Waals surface area contributed by atoms with E-state index in [9.17, 15) is 4.39 Å². The van der Waals surface area contributed by atoms with Crippen molar-refractivity contribution in [3.05, 3.63) is 36.7 Å². The van der Waals surface area contributed by atoms with Crippen LogP contribution in [-0.2, 0) is 0 Å². The zero-order chi connectivity index (χ0) is 8.10. The molecule has 0 bridgehead atoms. The maximum absolute atomic E-state index is 12.5. The van der Waals surface area contributed by atoms with Crippen molar-refractivity contribution in [1.82, 2.24) is 0 Å². The fourth-order valence-corrected chi connectivity index (χ4v) is 0.720. The first kappa shape index (κ1) is 8.05. The van der Waals surface area contributed by atoms with Crippen LogP contribution in [0.15, 0.2) is 24.3 Å². The van der Waals surface area contributed by atoms with Gasteiger partial charge in [-0.05, 0) is 18.6 Å². The van der Waals surface area contributed by atoms with E-state index in [-0.39, 0.29) is 5.82 Å². The summed E-state index contributed by atoms with van der Waals surface area (Å²) in [5, 5.41) is 0. The van der Waals surface area contributed by atoms with Gasteiger partial charge in [-0.1, -0.05) is 13.0 Å². The van der Waals surface area contributed by atoms with E-state index < -0.39 is 0 Å². The van der Waals surface area contributed by atoms with Crippen LogP contribution in [0, 0.1) is 12.4 Å². The van der Waals surface area contributed by atoms with E-state index >= 15 is 0 Å². The summed E-state index contributed by atoms with van der Waals surface area (Å²) >= 11 is 0. The molecule has 0 heterocycles. The Morgan fingerprint density at radius 1 is 1.55 bits per heavy atom. The number of hydrogen-bond donors (Lipinski definition) is 0. The van der Waals surface area contributed by atoms with E-state index in [2.05, 4.69) is 0 Å². The molecule has 0 N–H and O–H groups in total. The molecule has 0 amide bonds. The smallest absolute Gasteiger partial charge is 0.135 e. The Hall–Kier alpha value is -1.05. The Kier molecular flexibility index (Phi) is 2.90. The summed E-state index contributed by atoms with van der Waals surface area (Å²) in [5.74, 6) is 0.277. The van der Waals surface area contributed by atoms with Crippen molar-refractivity contribution >= 4 is 0 Å². The summed E-state index contributed by atoms with van der Waals surface area (Å²) in [4.78, 5) is 0. The molecule has 0 aliphatic rings. The molecule has 0 aliphatic heterocycles. The average molecular weight is 153 g/mol. The molecule has 0 spiro atoms. The van der Waals surface area contributed by atoms with Gasteiger partial charge in [0.05, 0.1) is 0 Å². The van der Waals surface area contributed by atoms with Crippen LogP contribution in [0.25, 0.3) is 0 Å². The Morgan fingerprint density at radius 2 is 2.36 bits per heavy atom. The van der Waals surface area contributed by atoms with Crippen LogP contribution < -0.4 is 4.74 Å². The second kappa shape index (κ2) is 3.96. The van der Waals surface area contributed by atoms with Gasteiger partial charge in [0.2, 0.25) is 0 Å². The topological polar surface area (TPSA) is 9.23 Å². The lowest BCUT2D eigenvalue weighted by molar-refractivity contribution is 0.394. The van der Waals surface area contributed by atoms with E-state index in [1.807, 2.05) is 6.92 Å². The largest absolute Gasteiger partial charge is 0.486 e. The van der Waals surface area contributed by atoms with Crippen molar-refractivity contribution in [2.45, 2.75) is 13.3 Å². The van der Waals surface area contributed by atoms with Gasteiger partial charge in [-0.3, -0.25) is 0 Å². The van der Waals surface area contributed by atoms with Crippen molar-refractivity contribution in [1.29, 1.82) is 0 Å². The highest BCUT2D eigenvalue weighted by Gasteiger charge is 1.93. The summed E-state index contributed by atoms with van der Waals surface area (Å²) in [7, 11) is 0. The van der Waals surface area contributed by atoms with Gasteiger partial charge < -0.3 is 4.74 Å². The first-order valence-electron chi connectivity index (χ1n) is 3.57. The van der Waals surface area contributed by atoms with Crippen molar-refractivity contribution in [3.63, 3.8) is 0 Å². The van der Waals surface area contributed by atoms with Crippen LogP contribution in [0.4, 0.5) is 4.39 Å². The molecule has 0 saturated heterocycles. The van der Waals surface area contributed by atoms with E-state index in [4.69, 9.17) is 4.74 Å². The molecule has 0 aromatic heterocycles. The molecule has 2 heteroatoms. The molecule has 1 nitrogen and oxygen atoms in total. The summed E-state index contributed by atoms with van der Waals surface area (Å²) in [6.07, 6.45) is 0.816. The molecular weight excluding hydrogens is 143 g/mol. The van der Waals surface area contributed by atoms with Gasteiger partial charge in [-0.25, -0.2) is 4.39 Å². The molecule has 0 saturated carbocycles. The van der Waals surface area contributed by atoms with Crippen molar-refractivity contribution in [3.8, 4) is 5.75 Å². The molecular formula is C9H10FO. The zero-order valence-corrected chi connectivity index (χ0v) is 6.38. The maximum atomic E-state index is 12.5. The lowest BCUT2D eigenvalue weighted by atomic mass is 10.3. The first-order valence-corrected chi connectivity index (χ1v) is 3.57. The second-order valence-electron chi connectivity index (χ2n) is 2.15. The van der Waals surface area contributed by atoms with Crippen molar-refractivity contribution < 1.29 is 9.13 Å². The zero-order valence-electron chi connectivity index (χ0n) is 6.38. The van der Waals surface area contributed by atoms with Crippen LogP contribution in [0.1, 0.15) is 13.3 Å². The highest BCUT2D eigenvalue weighted by Crippen LogP contribution is 2.12. The lowest BCUT2D eigenvalue weighted by Gasteiger charge is -2.01. The molecule has 11 heavy (non-hydrogen) atoms. The minimum Gasteiger partial charge on any atom is -0.486 e. The van der Waals surface area contributed by atoms with Gasteiger partial charge in [-0.15, -0.1) is 0 Å². The average Bonchev–Trinajstić information content (AvgIpc) is 2.01. The Balaban J connectivity index is 2.56. The van der Waals surface area contributed by atoms with Gasteiger partial charge in [0.15, 0.2) is 0 Å². The van der Waals surface area contributed by atoms with Crippen LogP contribution in [0.3, 0.4) is 0 Å². The minimum atomic E-state index is -0.271. The number of halogens is 1. The molecule has 59 valence electrons. The van der Waals surface area contributed by atoms with Crippen LogP contribution in [-0.4, -0.2) is 0 Å². The Bertz CT molecular complexity index is 223. The highest BCUT2D eigenvalue weighted by atomic mass is 19.1. The van der Waals surface area contributed by atoms with Crippen LogP contribution in [0.5, 0.6) is 5.75 Å². The fourth-order valence-electron chi connectivity index (χ4n) is 0.720. The van der Waals surface area contributed by atoms with Crippen molar-refractivity contribution in [2.75, 3.05) is 0 Å².